The number of ether oxygens (including phenoxy) is 2. The highest BCUT2D eigenvalue weighted by atomic mass is 16.7. The molecular weight excluding hydrogens is 458 g/mol. The molecule has 0 unspecified atom stereocenters. The van der Waals surface area contributed by atoms with E-state index < -0.39 is 42.8 Å². The maximum absolute atomic E-state index is 12.1. The third-order valence-electron chi connectivity index (χ3n) is 7.72. The molecule has 2 saturated heterocycles. The molecule has 0 saturated carbocycles. The predicted octanol–water partition coefficient (Wildman–Crippen LogP) is 4.14. The highest BCUT2D eigenvalue weighted by molar-refractivity contribution is 6.62. The minimum absolute atomic E-state index is 0.114. The van der Waals surface area contributed by atoms with Crippen molar-refractivity contribution in [2.24, 2.45) is 0 Å². The second-order valence-electron chi connectivity index (χ2n) is 11.5. The first-order valence-corrected chi connectivity index (χ1v) is 12.4. The van der Waals surface area contributed by atoms with Gasteiger partial charge in [-0.05, 0) is 77.4 Å². The molecular formula is C27H36B2O7. The van der Waals surface area contributed by atoms with Crippen molar-refractivity contribution in [3.05, 3.63) is 59.7 Å². The molecule has 0 radical (unpaired) electrons. The topological polar surface area (TPSA) is 72.5 Å². The average Bonchev–Trinajstić information content (AvgIpc) is 3.16. The summed E-state index contributed by atoms with van der Waals surface area (Å²) in [6.45, 7) is 16.4. The number of hydrogen-bond acceptors (Lipinski definition) is 7. The number of carbonyl (C=O) groups excluding carboxylic acids is 1. The van der Waals surface area contributed by atoms with Crippen molar-refractivity contribution in [1.82, 2.24) is 0 Å². The molecule has 192 valence electrons. The summed E-state index contributed by atoms with van der Waals surface area (Å²) >= 11 is 0. The van der Waals surface area contributed by atoms with Crippen molar-refractivity contribution in [2.75, 3.05) is 0 Å². The van der Waals surface area contributed by atoms with Crippen molar-refractivity contribution < 1.29 is 32.9 Å². The first kappa shape index (κ1) is 26.7. The number of rotatable bonds is 6. The minimum atomic E-state index is -0.722. The van der Waals surface area contributed by atoms with Crippen molar-refractivity contribution in [3.8, 4) is 0 Å². The highest BCUT2D eigenvalue weighted by Gasteiger charge is 2.52. The molecule has 2 fully saturated rings. The smallest absolute Gasteiger partial charge is 0.429 e. The zero-order chi connectivity index (χ0) is 26.4. The van der Waals surface area contributed by atoms with Crippen LogP contribution in [0.5, 0.6) is 0 Å². The molecule has 4 rings (SSSR count). The largest absolute Gasteiger partial charge is 0.508 e. The molecule has 0 amide bonds. The first-order valence-electron chi connectivity index (χ1n) is 12.4. The van der Waals surface area contributed by atoms with Crippen LogP contribution in [0, 0.1) is 0 Å². The van der Waals surface area contributed by atoms with Crippen LogP contribution in [0.2, 0.25) is 0 Å². The fourth-order valence-corrected chi connectivity index (χ4v) is 3.83. The minimum Gasteiger partial charge on any atom is -0.429 e. The lowest BCUT2D eigenvalue weighted by molar-refractivity contribution is 0.00578. The molecule has 2 aliphatic heterocycles. The van der Waals surface area contributed by atoms with E-state index in [0.29, 0.717) is 0 Å². The third-order valence-corrected chi connectivity index (χ3v) is 7.72. The van der Waals surface area contributed by atoms with Gasteiger partial charge in [0.2, 0.25) is 0 Å². The highest BCUT2D eigenvalue weighted by Crippen LogP contribution is 2.37. The lowest BCUT2D eigenvalue weighted by Crippen LogP contribution is -2.41. The SMILES string of the molecule is CC1(C)OB(c2ccc(COC(=O)OCc3ccc(B4OC(C)(C)C(C)(C)O4)cc3)cc2)OC1(C)C. The molecule has 0 aromatic heterocycles. The fraction of sp³-hybridized carbons (Fsp3) is 0.519. The Hall–Kier alpha value is -2.32. The Morgan fingerprint density at radius 3 is 1.14 bits per heavy atom. The van der Waals surface area contributed by atoms with Crippen LogP contribution in [-0.2, 0) is 41.3 Å². The van der Waals surface area contributed by atoms with Gasteiger partial charge in [0.1, 0.15) is 13.2 Å². The van der Waals surface area contributed by atoms with Gasteiger partial charge < -0.3 is 28.1 Å². The Kier molecular flexibility index (Phi) is 7.07. The van der Waals surface area contributed by atoms with Gasteiger partial charge in [0.15, 0.2) is 0 Å². The average molecular weight is 494 g/mol. The fourth-order valence-electron chi connectivity index (χ4n) is 3.83. The Morgan fingerprint density at radius 2 is 0.861 bits per heavy atom. The van der Waals surface area contributed by atoms with Crippen LogP contribution in [0.1, 0.15) is 66.5 Å². The molecule has 9 heteroatoms. The van der Waals surface area contributed by atoms with E-state index in [1.807, 2.05) is 104 Å². The Labute approximate surface area is 215 Å². The van der Waals surface area contributed by atoms with E-state index in [4.69, 9.17) is 28.1 Å². The van der Waals surface area contributed by atoms with Gasteiger partial charge in [0, 0.05) is 0 Å². The van der Waals surface area contributed by atoms with Gasteiger partial charge in [0.05, 0.1) is 22.4 Å². The van der Waals surface area contributed by atoms with Gasteiger partial charge in [-0.2, -0.15) is 0 Å². The summed E-state index contributed by atoms with van der Waals surface area (Å²) in [4.78, 5) is 12.1. The van der Waals surface area contributed by atoms with E-state index >= 15 is 0 Å². The summed E-state index contributed by atoms with van der Waals surface area (Å²) in [6.07, 6.45) is -0.722. The summed E-state index contributed by atoms with van der Waals surface area (Å²) in [7, 11) is -0.850. The van der Waals surface area contributed by atoms with Crippen LogP contribution in [0.4, 0.5) is 4.79 Å². The molecule has 2 aromatic rings. The monoisotopic (exact) mass is 494 g/mol. The third kappa shape index (κ3) is 5.49. The van der Waals surface area contributed by atoms with E-state index in [0.717, 1.165) is 22.1 Å². The van der Waals surface area contributed by atoms with Crippen molar-refractivity contribution in [2.45, 2.75) is 91.0 Å². The van der Waals surface area contributed by atoms with E-state index in [1.165, 1.54) is 0 Å². The summed E-state index contributed by atoms with van der Waals surface area (Å²) < 4.78 is 34.8. The first-order chi connectivity index (χ1) is 16.7. The molecule has 2 aromatic carbocycles. The predicted molar refractivity (Wildman–Crippen MR) is 139 cm³/mol. The molecule has 0 bridgehead atoms. The second kappa shape index (κ2) is 9.53. The van der Waals surface area contributed by atoms with Gasteiger partial charge >= 0.3 is 20.4 Å². The maximum Gasteiger partial charge on any atom is 0.508 e. The summed E-state index contributed by atoms with van der Waals surface area (Å²) in [6, 6.07) is 15.3. The molecule has 0 aliphatic carbocycles. The molecule has 0 N–H and O–H groups in total. The van der Waals surface area contributed by atoms with Crippen molar-refractivity contribution >= 4 is 31.3 Å². The zero-order valence-electron chi connectivity index (χ0n) is 22.5. The van der Waals surface area contributed by atoms with Crippen LogP contribution in [0.15, 0.2) is 48.5 Å². The van der Waals surface area contributed by atoms with E-state index in [9.17, 15) is 4.79 Å². The Balaban J connectivity index is 1.23. The molecule has 2 aliphatic rings. The van der Waals surface area contributed by atoms with Crippen molar-refractivity contribution in [1.29, 1.82) is 0 Å². The summed E-state index contributed by atoms with van der Waals surface area (Å²) in [5.74, 6) is 0. The molecule has 36 heavy (non-hydrogen) atoms. The molecule has 0 spiro atoms. The molecule has 7 nitrogen and oxygen atoms in total. The van der Waals surface area contributed by atoms with Gasteiger partial charge in [0.25, 0.3) is 0 Å². The maximum atomic E-state index is 12.1. The van der Waals surface area contributed by atoms with Crippen LogP contribution in [0.25, 0.3) is 0 Å². The number of benzene rings is 2. The lowest BCUT2D eigenvalue weighted by atomic mass is 9.79. The van der Waals surface area contributed by atoms with Gasteiger partial charge in [-0.1, -0.05) is 48.5 Å². The summed E-state index contributed by atoms with van der Waals surface area (Å²) in [5, 5.41) is 0. The van der Waals surface area contributed by atoms with Crippen LogP contribution in [-0.4, -0.2) is 42.8 Å². The molecule has 2 heterocycles. The standard InChI is InChI=1S/C27H36B2O7/c1-24(2)25(3,4)34-28(33-24)21-13-9-19(10-14-21)17-31-23(30)32-18-20-11-15-22(16-12-20)29-35-26(5,6)27(7,8)36-29/h9-16H,17-18H2,1-8H3. The normalized spacial score (nSPS) is 21.4. The van der Waals surface area contributed by atoms with Gasteiger partial charge in [-0.15, -0.1) is 0 Å². The number of hydrogen-bond donors (Lipinski definition) is 0. The van der Waals surface area contributed by atoms with E-state index in [1.54, 1.807) is 0 Å². The second-order valence-corrected chi connectivity index (χ2v) is 11.5. The van der Waals surface area contributed by atoms with Crippen LogP contribution in [0.3, 0.4) is 0 Å². The Bertz CT molecular complexity index is 961. The van der Waals surface area contributed by atoms with E-state index in [2.05, 4.69) is 0 Å². The van der Waals surface area contributed by atoms with Gasteiger partial charge in [-0.3, -0.25) is 0 Å². The molecule has 0 atom stereocenters. The number of carbonyl (C=O) groups is 1. The van der Waals surface area contributed by atoms with E-state index in [-0.39, 0.29) is 13.2 Å². The van der Waals surface area contributed by atoms with Crippen LogP contribution < -0.4 is 10.9 Å². The van der Waals surface area contributed by atoms with Gasteiger partial charge in [-0.25, -0.2) is 4.79 Å². The summed E-state index contributed by atoms with van der Waals surface area (Å²) in [5.41, 5.74) is 1.96. The van der Waals surface area contributed by atoms with Crippen LogP contribution >= 0.6 is 0 Å². The zero-order valence-corrected chi connectivity index (χ0v) is 22.5. The Morgan fingerprint density at radius 1 is 0.583 bits per heavy atom. The quantitative estimate of drug-likeness (QED) is 0.442. The lowest BCUT2D eigenvalue weighted by Gasteiger charge is -2.32. The van der Waals surface area contributed by atoms with Crippen molar-refractivity contribution in [3.63, 3.8) is 0 Å².